The lowest BCUT2D eigenvalue weighted by Crippen LogP contribution is -2.09. The van der Waals surface area contributed by atoms with Crippen LogP contribution < -0.4 is 0 Å². The molecule has 0 aliphatic heterocycles. The zero-order valence-corrected chi connectivity index (χ0v) is 11.8. The molecule has 1 heterocycles. The van der Waals surface area contributed by atoms with Crippen LogP contribution in [0.15, 0.2) is 48.5 Å². The quantitative estimate of drug-likeness (QED) is 0.541. The normalized spacial score (nSPS) is 11.5. The maximum Gasteiger partial charge on any atom is 0.416 e. The minimum atomic E-state index is -4.69. The third-order valence-corrected chi connectivity index (χ3v) is 3.16. The van der Waals surface area contributed by atoms with E-state index >= 15 is 0 Å². The van der Waals surface area contributed by atoms with Gasteiger partial charge in [0.2, 0.25) is 5.82 Å². The number of nitro benzene ring substituents is 1. The van der Waals surface area contributed by atoms with E-state index in [0.717, 1.165) is 16.9 Å². The Kier molecular flexibility index (Phi) is 3.72. The van der Waals surface area contributed by atoms with E-state index in [0.29, 0.717) is 11.6 Å². The van der Waals surface area contributed by atoms with Crippen molar-refractivity contribution in [3.8, 4) is 17.1 Å². The minimum Gasteiger partial charge on any atom is -0.258 e. The second kappa shape index (κ2) is 5.72. The second-order valence-electron chi connectivity index (χ2n) is 4.73. The topological polar surface area (TPSA) is 86.7 Å². The van der Waals surface area contributed by atoms with Gasteiger partial charge in [0.05, 0.1) is 10.5 Å². The Morgan fingerprint density at radius 2 is 1.79 bits per heavy atom. The van der Waals surface area contributed by atoms with Crippen LogP contribution in [0.1, 0.15) is 5.56 Å². The van der Waals surface area contributed by atoms with Crippen molar-refractivity contribution in [3.63, 3.8) is 0 Å². The molecule has 0 aliphatic carbocycles. The summed E-state index contributed by atoms with van der Waals surface area (Å²) in [5, 5.41) is 22.6. The average molecular weight is 335 g/mol. The summed E-state index contributed by atoms with van der Waals surface area (Å²) in [5.41, 5.74) is -1.47. The lowest BCUT2D eigenvalue weighted by atomic mass is 10.1. The fourth-order valence-electron chi connectivity index (χ4n) is 2.03. The van der Waals surface area contributed by atoms with Gasteiger partial charge in [0.15, 0.2) is 5.69 Å². The van der Waals surface area contributed by atoms with Gasteiger partial charge in [-0.3, -0.25) is 10.1 Å². The van der Waals surface area contributed by atoms with E-state index < -0.39 is 22.4 Å². The van der Waals surface area contributed by atoms with Crippen LogP contribution in [0.25, 0.3) is 17.1 Å². The van der Waals surface area contributed by atoms with Gasteiger partial charge in [0.1, 0.15) is 0 Å². The van der Waals surface area contributed by atoms with Crippen LogP contribution >= 0.6 is 0 Å². The Morgan fingerprint density at radius 3 is 2.42 bits per heavy atom. The fourth-order valence-corrected chi connectivity index (χ4v) is 2.03. The molecule has 0 amide bonds. The van der Waals surface area contributed by atoms with Crippen molar-refractivity contribution >= 4 is 5.69 Å². The first kappa shape index (κ1) is 15.6. The van der Waals surface area contributed by atoms with Gasteiger partial charge in [0, 0.05) is 11.6 Å². The molecule has 0 bridgehead atoms. The van der Waals surface area contributed by atoms with Gasteiger partial charge in [-0.2, -0.15) is 13.2 Å². The maximum atomic E-state index is 12.7. The molecule has 3 aromatic rings. The summed E-state index contributed by atoms with van der Waals surface area (Å²) < 4.78 is 38.2. The van der Waals surface area contributed by atoms with Crippen LogP contribution in [0.4, 0.5) is 18.9 Å². The summed E-state index contributed by atoms with van der Waals surface area (Å²) in [5.74, 6) is 0.199. The lowest BCUT2D eigenvalue weighted by molar-refractivity contribution is -0.384. The molecule has 0 radical (unpaired) electrons. The first-order valence-electron chi connectivity index (χ1n) is 6.58. The average Bonchev–Trinajstić information content (AvgIpc) is 3.04. The molecule has 2 aromatic carbocycles. The van der Waals surface area contributed by atoms with E-state index in [1.807, 2.05) is 0 Å². The standard InChI is InChI=1S/C14H8F3N5O2/c15-14(16,17)10-6-7-11(12(8-10)22(23)24)21-19-13(18-20-21)9-4-2-1-3-5-9/h1-8H. The molecule has 7 nitrogen and oxygen atoms in total. The van der Waals surface area contributed by atoms with Crippen LogP contribution in [0, 0.1) is 10.1 Å². The predicted molar refractivity (Wildman–Crippen MR) is 76.2 cm³/mol. The van der Waals surface area contributed by atoms with E-state index in [1.165, 1.54) is 0 Å². The van der Waals surface area contributed by atoms with Crippen LogP contribution in [0.5, 0.6) is 0 Å². The zero-order valence-electron chi connectivity index (χ0n) is 11.8. The van der Waals surface area contributed by atoms with Crippen LogP contribution in [-0.2, 0) is 6.18 Å². The third kappa shape index (κ3) is 2.93. The highest BCUT2D eigenvalue weighted by Gasteiger charge is 2.33. The summed E-state index contributed by atoms with van der Waals surface area (Å²) in [6.07, 6.45) is -4.69. The summed E-state index contributed by atoms with van der Waals surface area (Å²) in [4.78, 5) is 11.0. The highest BCUT2D eigenvalue weighted by Crippen LogP contribution is 2.34. The number of aromatic nitrogens is 4. The fraction of sp³-hybridized carbons (Fsp3) is 0.0714. The molecule has 122 valence electrons. The number of tetrazole rings is 1. The Labute approximate surface area is 132 Å². The monoisotopic (exact) mass is 335 g/mol. The summed E-state index contributed by atoms with van der Waals surface area (Å²) in [7, 11) is 0. The molecular weight excluding hydrogens is 327 g/mol. The molecule has 0 N–H and O–H groups in total. The maximum absolute atomic E-state index is 12.7. The number of rotatable bonds is 3. The molecule has 0 atom stereocenters. The molecule has 0 spiro atoms. The molecule has 10 heteroatoms. The molecule has 0 fully saturated rings. The highest BCUT2D eigenvalue weighted by molar-refractivity contribution is 5.56. The Hall–Kier alpha value is -3.30. The Balaban J connectivity index is 2.07. The predicted octanol–water partition coefficient (Wildman–Crippen LogP) is 3.26. The van der Waals surface area contributed by atoms with Gasteiger partial charge in [-0.1, -0.05) is 30.3 Å². The number of benzene rings is 2. The number of hydrogen-bond acceptors (Lipinski definition) is 5. The molecule has 0 saturated heterocycles. The number of alkyl halides is 3. The van der Waals surface area contributed by atoms with Gasteiger partial charge in [-0.15, -0.1) is 15.0 Å². The van der Waals surface area contributed by atoms with Crippen LogP contribution in [0.2, 0.25) is 0 Å². The lowest BCUT2D eigenvalue weighted by Gasteiger charge is -2.07. The Bertz CT molecular complexity index is 893. The highest BCUT2D eigenvalue weighted by atomic mass is 19.4. The number of hydrogen-bond donors (Lipinski definition) is 0. The first-order valence-corrected chi connectivity index (χ1v) is 6.58. The van der Waals surface area contributed by atoms with Crippen LogP contribution in [-0.4, -0.2) is 25.1 Å². The van der Waals surface area contributed by atoms with Gasteiger partial charge in [0.25, 0.3) is 5.69 Å². The van der Waals surface area contributed by atoms with Crippen molar-refractivity contribution in [2.24, 2.45) is 0 Å². The molecule has 0 aliphatic rings. The van der Waals surface area contributed by atoms with Gasteiger partial charge in [-0.05, 0) is 17.3 Å². The molecule has 1 aromatic heterocycles. The second-order valence-corrected chi connectivity index (χ2v) is 4.73. The van der Waals surface area contributed by atoms with E-state index in [-0.39, 0.29) is 11.5 Å². The first-order chi connectivity index (χ1) is 11.4. The molecule has 3 rings (SSSR count). The third-order valence-electron chi connectivity index (χ3n) is 3.16. The van der Waals surface area contributed by atoms with Crippen molar-refractivity contribution in [1.82, 2.24) is 20.2 Å². The summed E-state index contributed by atoms with van der Waals surface area (Å²) in [6.45, 7) is 0. The number of nitro groups is 1. The van der Waals surface area contributed by atoms with Crippen molar-refractivity contribution < 1.29 is 18.1 Å². The van der Waals surface area contributed by atoms with Crippen molar-refractivity contribution in [3.05, 3.63) is 64.2 Å². The molecule has 24 heavy (non-hydrogen) atoms. The smallest absolute Gasteiger partial charge is 0.258 e. The number of halogens is 3. The Morgan fingerprint density at radius 1 is 1.08 bits per heavy atom. The number of nitrogens with zero attached hydrogens (tertiary/aromatic N) is 5. The summed E-state index contributed by atoms with van der Waals surface area (Å²) >= 11 is 0. The molecule has 0 unspecified atom stereocenters. The van der Waals surface area contributed by atoms with Crippen molar-refractivity contribution in [2.75, 3.05) is 0 Å². The van der Waals surface area contributed by atoms with Gasteiger partial charge < -0.3 is 0 Å². The molecule has 0 saturated carbocycles. The largest absolute Gasteiger partial charge is 0.416 e. The van der Waals surface area contributed by atoms with E-state index in [4.69, 9.17) is 0 Å². The van der Waals surface area contributed by atoms with E-state index in [9.17, 15) is 23.3 Å². The van der Waals surface area contributed by atoms with Crippen molar-refractivity contribution in [2.45, 2.75) is 6.18 Å². The molecular formula is C14H8F3N5O2. The summed E-state index contributed by atoms with van der Waals surface area (Å²) in [6, 6.07) is 10.8. The van der Waals surface area contributed by atoms with E-state index in [2.05, 4.69) is 15.4 Å². The zero-order chi connectivity index (χ0) is 17.3. The van der Waals surface area contributed by atoms with Crippen molar-refractivity contribution in [1.29, 1.82) is 0 Å². The SMILES string of the molecule is O=[N+]([O-])c1cc(C(F)(F)F)ccc1-n1nnc(-c2ccccc2)n1. The van der Waals surface area contributed by atoms with Gasteiger partial charge >= 0.3 is 6.18 Å². The minimum absolute atomic E-state index is 0.199. The van der Waals surface area contributed by atoms with Crippen LogP contribution in [0.3, 0.4) is 0 Å². The van der Waals surface area contributed by atoms with Gasteiger partial charge in [-0.25, -0.2) is 0 Å². The van der Waals surface area contributed by atoms with E-state index in [1.54, 1.807) is 30.3 Å².